The summed E-state index contributed by atoms with van der Waals surface area (Å²) in [6.07, 6.45) is 4.28. The Labute approximate surface area is 192 Å². The Kier molecular flexibility index (Phi) is 6.93. The quantitative estimate of drug-likeness (QED) is 0.314. The summed E-state index contributed by atoms with van der Waals surface area (Å²) in [7, 11) is 0. The van der Waals surface area contributed by atoms with Gasteiger partial charge >= 0.3 is 0 Å². The minimum atomic E-state index is -0.131. The highest BCUT2D eigenvalue weighted by molar-refractivity contribution is 6.30. The van der Waals surface area contributed by atoms with Gasteiger partial charge in [0.1, 0.15) is 18.1 Å². The van der Waals surface area contributed by atoms with E-state index in [1.54, 1.807) is 0 Å². The van der Waals surface area contributed by atoms with Gasteiger partial charge in [0.2, 0.25) is 0 Å². The normalized spacial score (nSPS) is 13.4. The maximum absolute atomic E-state index is 9.53. The number of halogens is 2. The Hall–Kier alpha value is -2.78. The smallest absolute Gasteiger partial charge is 0.129 e. The summed E-state index contributed by atoms with van der Waals surface area (Å²) in [6.45, 7) is -0.131. The molecule has 31 heavy (non-hydrogen) atoms. The highest BCUT2D eigenvalue weighted by Crippen LogP contribution is 2.41. The summed E-state index contributed by atoms with van der Waals surface area (Å²) in [5.41, 5.74) is 3.30. The number of furan rings is 1. The van der Waals surface area contributed by atoms with E-state index in [1.807, 2.05) is 78.9 Å². The second kappa shape index (κ2) is 10.0. The lowest BCUT2D eigenvalue weighted by Gasteiger charge is -2.24. The van der Waals surface area contributed by atoms with Gasteiger partial charge in [-0.05, 0) is 53.1 Å². The van der Waals surface area contributed by atoms with E-state index >= 15 is 0 Å². The fourth-order valence-corrected chi connectivity index (χ4v) is 4.00. The number of aliphatic hydroxyl groups is 1. The molecule has 4 rings (SSSR count). The lowest BCUT2D eigenvalue weighted by molar-refractivity contribution is 0.242. The van der Waals surface area contributed by atoms with Crippen LogP contribution in [0.1, 0.15) is 40.0 Å². The van der Waals surface area contributed by atoms with Crippen LogP contribution in [0.2, 0.25) is 10.0 Å². The molecule has 0 aliphatic rings. The van der Waals surface area contributed by atoms with Crippen LogP contribution < -0.4 is 0 Å². The second-order valence-electron chi connectivity index (χ2n) is 7.34. The topological polar surface area (TPSA) is 33.4 Å². The number of hydrogen-bond acceptors (Lipinski definition) is 2. The van der Waals surface area contributed by atoms with Gasteiger partial charge in [0.05, 0.1) is 5.92 Å². The molecule has 0 fully saturated rings. The fraction of sp³-hybridized carbons (Fsp3) is 0.111. The Balaban J connectivity index is 1.82. The van der Waals surface area contributed by atoms with Crippen LogP contribution in [0.4, 0.5) is 0 Å². The Morgan fingerprint density at radius 1 is 0.742 bits per heavy atom. The zero-order chi connectivity index (χ0) is 21.6. The first-order valence-corrected chi connectivity index (χ1v) is 10.8. The van der Waals surface area contributed by atoms with Crippen molar-refractivity contribution in [2.24, 2.45) is 0 Å². The summed E-state index contributed by atoms with van der Waals surface area (Å²) >= 11 is 12.2. The van der Waals surface area contributed by atoms with Crippen LogP contribution in [0, 0.1) is 0 Å². The third kappa shape index (κ3) is 5.29. The van der Waals surface area contributed by atoms with Crippen molar-refractivity contribution in [2.75, 3.05) is 0 Å². The molecule has 0 unspecified atom stereocenters. The first-order chi connectivity index (χ1) is 15.1. The maximum atomic E-state index is 9.53. The van der Waals surface area contributed by atoms with Crippen molar-refractivity contribution in [2.45, 2.75) is 18.4 Å². The molecule has 0 saturated carbocycles. The molecule has 1 aromatic heterocycles. The lowest BCUT2D eigenvalue weighted by Crippen LogP contribution is -2.11. The van der Waals surface area contributed by atoms with Gasteiger partial charge in [-0.3, -0.25) is 0 Å². The predicted molar refractivity (Wildman–Crippen MR) is 128 cm³/mol. The molecule has 0 radical (unpaired) electrons. The SMILES string of the molecule is OCc1ccc([C@H](c2ccccc2)[C@H](/C=C/c2ccc(Cl)cc2)c2ccc(Cl)cc2)o1. The van der Waals surface area contributed by atoms with E-state index in [0.717, 1.165) is 22.5 Å². The van der Waals surface area contributed by atoms with E-state index in [4.69, 9.17) is 27.6 Å². The number of benzene rings is 3. The standard InChI is InChI=1S/C27H22Cl2O2/c28-22-11-6-19(7-12-22)8-16-25(20-9-13-23(29)14-10-20)27(21-4-2-1-3-5-21)26-17-15-24(18-30)31-26/h1-17,25,27,30H,18H2/b16-8+/t25-,27-/m1/s1. The van der Waals surface area contributed by atoms with Crippen LogP contribution >= 0.6 is 23.2 Å². The van der Waals surface area contributed by atoms with Crippen molar-refractivity contribution in [3.63, 3.8) is 0 Å². The summed E-state index contributed by atoms with van der Waals surface area (Å²) < 4.78 is 6.02. The van der Waals surface area contributed by atoms with Gasteiger partial charge in [0.15, 0.2) is 0 Å². The Morgan fingerprint density at radius 2 is 1.39 bits per heavy atom. The van der Waals surface area contributed by atoms with Crippen LogP contribution in [0.3, 0.4) is 0 Å². The van der Waals surface area contributed by atoms with E-state index in [-0.39, 0.29) is 18.4 Å². The molecular weight excluding hydrogens is 427 g/mol. The van der Waals surface area contributed by atoms with E-state index in [0.29, 0.717) is 15.8 Å². The molecule has 2 nitrogen and oxygen atoms in total. The number of hydrogen-bond donors (Lipinski definition) is 1. The van der Waals surface area contributed by atoms with Crippen LogP contribution in [-0.2, 0) is 6.61 Å². The third-order valence-electron chi connectivity index (χ3n) is 5.28. The summed E-state index contributed by atoms with van der Waals surface area (Å²) in [5.74, 6) is 1.25. The Morgan fingerprint density at radius 3 is 2.00 bits per heavy atom. The van der Waals surface area contributed by atoms with E-state index in [1.165, 1.54) is 0 Å². The van der Waals surface area contributed by atoms with Crippen LogP contribution in [-0.4, -0.2) is 5.11 Å². The van der Waals surface area contributed by atoms with Gasteiger partial charge in [-0.25, -0.2) is 0 Å². The van der Waals surface area contributed by atoms with E-state index < -0.39 is 0 Å². The van der Waals surface area contributed by atoms with Crippen molar-refractivity contribution in [3.8, 4) is 0 Å². The van der Waals surface area contributed by atoms with Crippen molar-refractivity contribution >= 4 is 29.3 Å². The zero-order valence-corrected chi connectivity index (χ0v) is 18.3. The Bertz CT molecular complexity index is 1130. The van der Waals surface area contributed by atoms with Gasteiger partial charge in [0.25, 0.3) is 0 Å². The molecule has 4 heteroatoms. The van der Waals surface area contributed by atoms with Gasteiger partial charge in [0, 0.05) is 16.0 Å². The maximum Gasteiger partial charge on any atom is 0.129 e. The second-order valence-corrected chi connectivity index (χ2v) is 8.21. The van der Waals surface area contributed by atoms with Gasteiger partial charge < -0.3 is 9.52 Å². The third-order valence-corrected chi connectivity index (χ3v) is 5.79. The molecule has 0 saturated heterocycles. The highest BCUT2D eigenvalue weighted by Gasteiger charge is 2.27. The van der Waals surface area contributed by atoms with Crippen molar-refractivity contribution < 1.29 is 9.52 Å². The minimum absolute atomic E-state index is 0.0203. The lowest BCUT2D eigenvalue weighted by atomic mass is 9.79. The number of allylic oxidation sites excluding steroid dienone is 1. The first kappa shape index (κ1) is 21.5. The molecule has 0 bridgehead atoms. The summed E-state index contributed by atoms with van der Waals surface area (Å²) in [4.78, 5) is 0. The summed E-state index contributed by atoms with van der Waals surface area (Å²) in [6, 6.07) is 29.7. The van der Waals surface area contributed by atoms with Gasteiger partial charge in [-0.1, -0.05) is 90.0 Å². The molecule has 0 aliphatic heterocycles. The zero-order valence-electron chi connectivity index (χ0n) is 16.8. The average Bonchev–Trinajstić information content (AvgIpc) is 3.28. The van der Waals surface area contributed by atoms with E-state index in [2.05, 4.69) is 24.3 Å². The fourth-order valence-electron chi connectivity index (χ4n) is 3.74. The molecule has 3 aromatic carbocycles. The highest BCUT2D eigenvalue weighted by atomic mass is 35.5. The molecule has 156 valence electrons. The molecule has 1 heterocycles. The van der Waals surface area contributed by atoms with Gasteiger partial charge in [-0.2, -0.15) is 0 Å². The van der Waals surface area contributed by atoms with E-state index in [9.17, 15) is 5.11 Å². The molecule has 1 N–H and O–H groups in total. The minimum Gasteiger partial charge on any atom is -0.463 e. The van der Waals surface area contributed by atoms with Crippen molar-refractivity contribution in [3.05, 3.63) is 135 Å². The largest absolute Gasteiger partial charge is 0.463 e. The van der Waals surface area contributed by atoms with Crippen molar-refractivity contribution in [1.82, 2.24) is 0 Å². The average molecular weight is 449 g/mol. The first-order valence-electron chi connectivity index (χ1n) is 10.1. The predicted octanol–water partition coefficient (Wildman–Crippen LogP) is 7.71. The number of aliphatic hydroxyl groups excluding tert-OH is 1. The molecular formula is C27H22Cl2O2. The molecule has 0 aliphatic carbocycles. The monoisotopic (exact) mass is 448 g/mol. The van der Waals surface area contributed by atoms with Crippen LogP contribution in [0.15, 0.2) is 101 Å². The molecule has 0 amide bonds. The molecule has 4 aromatic rings. The van der Waals surface area contributed by atoms with Crippen LogP contribution in [0.5, 0.6) is 0 Å². The number of rotatable bonds is 7. The molecule has 2 atom stereocenters. The molecule has 0 spiro atoms. The van der Waals surface area contributed by atoms with Crippen LogP contribution in [0.25, 0.3) is 6.08 Å². The summed E-state index contributed by atoms with van der Waals surface area (Å²) in [5, 5.41) is 10.9. The van der Waals surface area contributed by atoms with Gasteiger partial charge in [-0.15, -0.1) is 0 Å². The van der Waals surface area contributed by atoms with Crippen molar-refractivity contribution in [1.29, 1.82) is 0 Å².